The minimum Gasteiger partial charge on any atom is -0.449 e. The maximum Gasteiger partial charge on any atom is 0.409 e. The normalized spacial score (nSPS) is 15.1. The molecule has 1 heterocycles. The second kappa shape index (κ2) is 9.48. The van der Waals surface area contributed by atoms with Gasteiger partial charge in [-0.3, -0.25) is 4.79 Å². The predicted molar refractivity (Wildman–Crippen MR) is 93.2 cm³/mol. The summed E-state index contributed by atoms with van der Waals surface area (Å²) in [4.78, 5) is 38.9. The molecular formula is C17H31N3O5. The molecular weight excluding hydrogens is 326 g/mol. The molecule has 0 unspecified atom stereocenters. The van der Waals surface area contributed by atoms with Crippen LogP contribution in [0.5, 0.6) is 0 Å². The lowest BCUT2D eigenvalue weighted by atomic mass is 10.2. The summed E-state index contributed by atoms with van der Waals surface area (Å²) in [6.45, 7) is 11.8. The third-order valence-corrected chi connectivity index (χ3v) is 3.44. The Morgan fingerprint density at radius 1 is 1.04 bits per heavy atom. The number of nitrogens with one attached hydrogen (secondary N) is 1. The molecule has 0 spiro atoms. The van der Waals surface area contributed by atoms with Crippen LogP contribution in [0.2, 0.25) is 0 Å². The zero-order valence-electron chi connectivity index (χ0n) is 16.0. The Balaban J connectivity index is 2.25. The van der Waals surface area contributed by atoms with Crippen molar-refractivity contribution in [3.8, 4) is 0 Å². The fourth-order valence-electron chi connectivity index (χ4n) is 2.21. The lowest BCUT2D eigenvalue weighted by Crippen LogP contribution is -2.51. The van der Waals surface area contributed by atoms with Crippen molar-refractivity contribution in [1.82, 2.24) is 15.1 Å². The highest BCUT2D eigenvalue weighted by molar-refractivity contribution is 5.77. The first-order chi connectivity index (χ1) is 11.6. The maximum atomic E-state index is 12.2. The quantitative estimate of drug-likeness (QED) is 0.811. The van der Waals surface area contributed by atoms with E-state index in [1.54, 1.807) is 30.6 Å². The summed E-state index contributed by atoms with van der Waals surface area (Å²) in [5.74, 6) is 0.246. The fraction of sp³-hybridized carbons (Fsp3) is 0.824. The van der Waals surface area contributed by atoms with Crippen LogP contribution in [0.15, 0.2) is 0 Å². The zero-order chi connectivity index (χ0) is 19.0. The molecule has 0 aromatic carbocycles. The number of rotatable bonds is 5. The van der Waals surface area contributed by atoms with E-state index >= 15 is 0 Å². The average molecular weight is 357 g/mol. The summed E-state index contributed by atoms with van der Waals surface area (Å²) >= 11 is 0. The van der Waals surface area contributed by atoms with E-state index in [1.807, 2.05) is 13.8 Å². The Morgan fingerprint density at radius 3 is 2.12 bits per heavy atom. The van der Waals surface area contributed by atoms with Gasteiger partial charge in [-0.2, -0.15) is 0 Å². The first-order valence-corrected chi connectivity index (χ1v) is 8.75. The number of ether oxygens (including phenoxy) is 2. The number of carbonyl (C=O) groups excluding carboxylic acids is 3. The highest BCUT2D eigenvalue weighted by Crippen LogP contribution is 2.08. The average Bonchev–Trinajstić information content (AvgIpc) is 2.50. The van der Waals surface area contributed by atoms with Gasteiger partial charge in [-0.05, 0) is 26.7 Å². The SMILES string of the molecule is CC(C)COC(=O)N1CCN(C(=O)CCNC(=O)OC(C)(C)C)CC1. The second-order valence-corrected chi connectivity index (χ2v) is 7.52. The van der Waals surface area contributed by atoms with Crippen LogP contribution in [0.25, 0.3) is 0 Å². The lowest BCUT2D eigenvalue weighted by molar-refractivity contribution is -0.132. The third-order valence-electron chi connectivity index (χ3n) is 3.44. The lowest BCUT2D eigenvalue weighted by Gasteiger charge is -2.34. The van der Waals surface area contributed by atoms with Crippen LogP contribution >= 0.6 is 0 Å². The predicted octanol–water partition coefficient (Wildman–Crippen LogP) is 1.84. The van der Waals surface area contributed by atoms with Gasteiger partial charge in [0.15, 0.2) is 0 Å². The second-order valence-electron chi connectivity index (χ2n) is 7.52. The molecule has 8 nitrogen and oxygen atoms in total. The molecule has 0 bridgehead atoms. The molecule has 1 fully saturated rings. The molecule has 1 N–H and O–H groups in total. The van der Waals surface area contributed by atoms with Gasteiger partial charge in [-0.15, -0.1) is 0 Å². The fourth-order valence-corrected chi connectivity index (χ4v) is 2.21. The van der Waals surface area contributed by atoms with Gasteiger partial charge < -0.3 is 24.6 Å². The highest BCUT2D eigenvalue weighted by atomic mass is 16.6. The van der Waals surface area contributed by atoms with Crippen LogP contribution in [0, 0.1) is 5.92 Å². The van der Waals surface area contributed by atoms with E-state index in [1.165, 1.54) is 0 Å². The van der Waals surface area contributed by atoms with Crippen molar-refractivity contribution in [3.05, 3.63) is 0 Å². The van der Waals surface area contributed by atoms with Gasteiger partial charge in [-0.25, -0.2) is 9.59 Å². The molecule has 144 valence electrons. The molecule has 0 saturated carbocycles. The van der Waals surface area contributed by atoms with Crippen LogP contribution in [-0.2, 0) is 14.3 Å². The molecule has 0 radical (unpaired) electrons. The Labute approximate surface area is 149 Å². The zero-order valence-corrected chi connectivity index (χ0v) is 16.0. The van der Waals surface area contributed by atoms with E-state index in [-0.39, 0.29) is 25.0 Å². The van der Waals surface area contributed by atoms with Crippen molar-refractivity contribution < 1.29 is 23.9 Å². The minimum absolute atomic E-state index is 0.0498. The first kappa shape index (κ1) is 21.1. The number of alkyl carbamates (subject to hydrolysis) is 1. The Bertz CT molecular complexity index is 465. The largest absolute Gasteiger partial charge is 0.449 e. The minimum atomic E-state index is -0.561. The molecule has 1 aliphatic rings. The van der Waals surface area contributed by atoms with E-state index in [9.17, 15) is 14.4 Å². The molecule has 0 aromatic heterocycles. The van der Waals surface area contributed by atoms with Crippen LogP contribution in [0.4, 0.5) is 9.59 Å². The van der Waals surface area contributed by atoms with E-state index in [4.69, 9.17) is 9.47 Å². The van der Waals surface area contributed by atoms with Crippen LogP contribution in [0.1, 0.15) is 41.0 Å². The number of hydrogen-bond donors (Lipinski definition) is 1. The number of nitrogens with zero attached hydrogens (tertiary/aromatic N) is 2. The monoisotopic (exact) mass is 357 g/mol. The van der Waals surface area contributed by atoms with Crippen molar-refractivity contribution in [2.24, 2.45) is 5.92 Å². The van der Waals surface area contributed by atoms with Gasteiger partial charge in [0.25, 0.3) is 0 Å². The smallest absolute Gasteiger partial charge is 0.409 e. The summed E-state index contributed by atoms with van der Waals surface area (Å²) in [7, 11) is 0. The highest BCUT2D eigenvalue weighted by Gasteiger charge is 2.25. The number of amides is 3. The first-order valence-electron chi connectivity index (χ1n) is 8.75. The van der Waals surface area contributed by atoms with E-state index in [0.29, 0.717) is 38.7 Å². The van der Waals surface area contributed by atoms with Crippen molar-refractivity contribution in [2.75, 3.05) is 39.3 Å². The Morgan fingerprint density at radius 2 is 1.60 bits per heavy atom. The third kappa shape index (κ3) is 8.60. The molecule has 0 aromatic rings. The molecule has 1 aliphatic heterocycles. The summed E-state index contributed by atoms with van der Waals surface area (Å²) < 4.78 is 10.3. The van der Waals surface area contributed by atoms with Crippen molar-refractivity contribution in [1.29, 1.82) is 0 Å². The number of hydrogen-bond acceptors (Lipinski definition) is 5. The molecule has 1 rings (SSSR count). The standard InChI is InChI=1S/C17H31N3O5/c1-13(2)12-24-16(23)20-10-8-19(9-11-20)14(21)6-7-18-15(22)25-17(3,4)5/h13H,6-12H2,1-5H3,(H,18,22). The van der Waals surface area contributed by atoms with Crippen molar-refractivity contribution in [2.45, 2.75) is 46.6 Å². The van der Waals surface area contributed by atoms with E-state index in [0.717, 1.165) is 0 Å². The van der Waals surface area contributed by atoms with Gasteiger partial charge in [0.1, 0.15) is 5.60 Å². The molecule has 1 saturated heterocycles. The Kier molecular flexibility index (Phi) is 7.99. The van der Waals surface area contributed by atoms with Crippen LogP contribution in [0.3, 0.4) is 0 Å². The molecule has 25 heavy (non-hydrogen) atoms. The summed E-state index contributed by atoms with van der Waals surface area (Å²) in [5, 5.41) is 2.57. The van der Waals surface area contributed by atoms with Gasteiger partial charge in [0.2, 0.25) is 5.91 Å². The molecule has 0 aliphatic carbocycles. The van der Waals surface area contributed by atoms with Gasteiger partial charge in [0.05, 0.1) is 6.61 Å². The van der Waals surface area contributed by atoms with Crippen molar-refractivity contribution >= 4 is 18.1 Å². The topological polar surface area (TPSA) is 88.2 Å². The van der Waals surface area contributed by atoms with Crippen LogP contribution in [-0.4, -0.2) is 72.8 Å². The number of carbonyl (C=O) groups is 3. The summed E-state index contributed by atoms with van der Waals surface area (Å²) in [6.07, 6.45) is -0.651. The number of piperazine rings is 1. The van der Waals surface area contributed by atoms with E-state index in [2.05, 4.69) is 5.32 Å². The van der Waals surface area contributed by atoms with Crippen LogP contribution < -0.4 is 5.32 Å². The molecule has 8 heteroatoms. The van der Waals surface area contributed by atoms with Gasteiger partial charge in [0, 0.05) is 39.1 Å². The van der Waals surface area contributed by atoms with Gasteiger partial charge in [-0.1, -0.05) is 13.8 Å². The summed E-state index contributed by atoms with van der Waals surface area (Å²) in [5.41, 5.74) is -0.561. The molecule has 3 amide bonds. The Hall–Kier alpha value is -1.99. The van der Waals surface area contributed by atoms with Crippen molar-refractivity contribution in [3.63, 3.8) is 0 Å². The summed E-state index contributed by atoms with van der Waals surface area (Å²) in [6, 6.07) is 0. The van der Waals surface area contributed by atoms with Gasteiger partial charge >= 0.3 is 12.2 Å². The molecule has 0 atom stereocenters. The van der Waals surface area contributed by atoms with E-state index < -0.39 is 11.7 Å². The maximum absolute atomic E-state index is 12.2.